The first-order chi connectivity index (χ1) is 13.4. The average molecular weight is 387 g/mol. The van der Waals surface area contributed by atoms with Crippen LogP contribution in [0, 0.1) is 0 Å². The molecule has 0 aliphatic carbocycles. The van der Waals surface area contributed by atoms with Gasteiger partial charge in [0.2, 0.25) is 0 Å². The number of benzene rings is 2. The highest BCUT2D eigenvalue weighted by Gasteiger charge is 2.26. The zero-order valence-electron chi connectivity index (χ0n) is 16.0. The van der Waals surface area contributed by atoms with Gasteiger partial charge in [-0.1, -0.05) is 0 Å². The fourth-order valence-corrected chi connectivity index (χ4v) is 2.44. The van der Waals surface area contributed by atoms with Crippen LogP contribution in [0.25, 0.3) is 0 Å². The molecule has 2 aromatic rings. The van der Waals surface area contributed by atoms with Gasteiger partial charge in [0, 0.05) is 11.3 Å². The third-order valence-corrected chi connectivity index (χ3v) is 3.92. The van der Waals surface area contributed by atoms with E-state index < -0.39 is 18.0 Å². The highest BCUT2D eigenvalue weighted by atomic mass is 16.6. The maximum atomic E-state index is 12.6. The van der Waals surface area contributed by atoms with Gasteiger partial charge in [-0.25, -0.2) is 4.79 Å². The minimum atomic E-state index is -1.12. The van der Waals surface area contributed by atoms with Crippen LogP contribution in [0.4, 0.5) is 5.69 Å². The Balaban J connectivity index is 2.17. The van der Waals surface area contributed by atoms with Crippen molar-refractivity contribution < 1.29 is 33.3 Å². The van der Waals surface area contributed by atoms with Gasteiger partial charge in [0.15, 0.2) is 23.9 Å². The normalized spacial score (nSPS) is 11.1. The predicted octanol–water partition coefficient (Wildman–Crippen LogP) is 2.71. The van der Waals surface area contributed by atoms with Crippen molar-refractivity contribution >= 4 is 23.9 Å². The largest absolute Gasteiger partial charge is 0.497 e. The summed E-state index contributed by atoms with van der Waals surface area (Å²) in [5.74, 6) is -0.456. The molecule has 0 heterocycles. The van der Waals surface area contributed by atoms with Gasteiger partial charge >= 0.3 is 5.97 Å². The molecule has 1 atom stereocenters. The molecule has 0 aliphatic rings. The van der Waals surface area contributed by atoms with Crippen molar-refractivity contribution in [3.05, 3.63) is 47.5 Å². The van der Waals surface area contributed by atoms with Crippen molar-refractivity contribution in [2.24, 2.45) is 0 Å². The van der Waals surface area contributed by atoms with Crippen LogP contribution in [0.5, 0.6) is 17.2 Å². The van der Waals surface area contributed by atoms with Crippen LogP contribution in [0.3, 0.4) is 0 Å². The molecule has 0 bridgehead atoms. The number of carbonyl (C=O) groups is 3. The van der Waals surface area contributed by atoms with E-state index in [1.165, 1.54) is 40.4 Å². The number of amides is 1. The van der Waals surface area contributed by atoms with E-state index in [-0.39, 0.29) is 22.6 Å². The molecule has 0 saturated heterocycles. The first-order valence-corrected chi connectivity index (χ1v) is 8.31. The first-order valence-electron chi connectivity index (χ1n) is 8.31. The molecular formula is C20H21NO7. The Kier molecular flexibility index (Phi) is 6.97. The molecule has 0 unspecified atom stereocenters. The number of hydrogen-bond acceptors (Lipinski definition) is 7. The van der Waals surface area contributed by atoms with E-state index in [2.05, 4.69) is 5.32 Å². The zero-order valence-corrected chi connectivity index (χ0v) is 16.0. The molecular weight excluding hydrogens is 366 g/mol. The van der Waals surface area contributed by atoms with E-state index in [0.717, 1.165) is 0 Å². The van der Waals surface area contributed by atoms with Crippen LogP contribution in [-0.4, -0.2) is 45.6 Å². The Morgan fingerprint density at radius 2 is 1.64 bits per heavy atom. The quantitative estimate of drug-likeness (QED) is 0.549. The number of esters is 1. The second-order valence-corrected chi connectivity index (χ2v) is 5.65. The van der Waals surface area contributed by atoms with Crippen molar-refractivity contribution in [2.75, 3.05) is 26.6 Å². The summed E-state index contributed by atoms with van der Waals surface area (Å²) in [4.78, 5) is 36.2. The van der Waals surface area contributed by atoms with Gasteiger partial charge in [-0.05, 0) is 43.3 Å². The molecule has 28 heavy (non-hydrogen) atoms. The highest BCUT2D eigenvalue weighted by Crippen LogP contribution is 2.33. The van der Waals surface area contributed by atoms with E-state index in [0.29, 0.717) is 17.7 Å². The molecule has 2 rings (SSSR count). The van der Waals surface area contributed by atoms with Crippen LogP contribution < -0.4 is 19.5 Å². The average Bonchev–Trinajstić information content (AvgIpc) is 2.72. The minimum Gasteiger partial charge on any atom is -0.497 e. The second kappa shape index (κ2) is 9.40. The minimum absolute atomic E-state index is 0.0554. The third kappa shape index (κ3) is 4.59. The molecule has 0 aliphatic heterocycles. The summed E-state index contributed by atoms with van der Waals surface area (Å²) in [5.41, 5.74) is 0.465. The van der Waals surface area contributed by atoms with Gasteiger partial charge in [-0.15, -0.1) is 0 Å². The molecule has 2 aromatic carbocycles. The van der Waals surface area contributed by atoms with Gasteiger partial charge in [0.25, 0.3) is 5.91 Å². The molecule has 0 radical (unpaired) electrons. The number of nitrogens with one attached hydrogen (secondary N) is 1. The number of aldehydes is 1. The highest BCUT2D eigenvalue weighted by molar-refractivity contribution is 6.03. The summed E-state index contributed by atoms with van der Waals surface area (Å²) in [7, 11) is 4.27. The van der Waals surface area contributed by atoms with Gasteiger partial charge in [0.1, 0.15) is 11.3 Å². The van der Waals surface area contributed by atoms with Crippen molar-refractivity contribution in [1.29, 1.82) is 0 Å². The Morgan fingerprint density at radius 3 is 2.18 bits per heavy atom. The Hall–Kier alpha value is -3.55. The molecule has 148 valence electrons. The lowest BCUT2D eigenvalue weighted by atomic mass is 10.1. The molecule has 8 heteroatoms. The lowest BCUT2D eigenvalue weighted by molar-refractivity contribution is -0.123. The number of ether oxygens (including phenoxy) is 4. The molecule has 1 amide bonds. The summed E-state index contributed by atoms with van der Waals surface area (Å²) in [6, 6.07) is 9.58. The first kappa shape index (κ1) is 20.8. The van der Waals surface area contributed by atoms with Crippen molar-refractivity contribution in [3.63, 3.8) is 0 Å². The molecule has 8 nitrogen and oxygen atoms in total. The van der Waals surface area contributed by atoms with Crippen LogP contribution in [0.15, 0.2) is 36.4 Å². The van der Waals surface area contributed by atoms with Gasteiger partial charge < -0.3 is 24.3 Å². The molecule has 0 aromatic heterocycles. The van der Waals surface area contributed by atoms with Gasteiger partial charge in [-0.3, -0.25) is 9.59 Å². The lowest BCUT2D eigenvalue weighted by Gasteiger charge is -2.17. The Labute approximate surface area is 162 Å². The molecule has 0 saturated carbocycles. The van der Waals surface area contributed by atoms with E-state index in [1.807, 2.05) is 0 Å². The lowest BCUT2D eigenvalue weighted by Crippen LogP contribution is -2.30. The molecule has 0 spiro atoms. The smallest absolute Gasteiger partial charge is 0.343 e. The third-order valence-electron chi connectivity index (χ3n) is 3.92. The Bertz CT molecular complexity index is 862. The van der Waals surface area contributed by atoms with E-state index in [4.69, 9.17) is 18.9 Å². The van der Waals surface area contributed by atoms with E-state index in [9.17, 15) is 14.4 Å². The maximum Gasteiger partial charge on any atom is 0.343 e. The zero-order chi connectivity index (χ0) is 20.7. The number of methoxy groups -OCH3 is 3. The monoisotopic (exact) mass is 387 g/mol. The number of carbonyl (C=O) groups excluding carboxylic acids is 3. The number of rotatable bonds is 8. The van der Waals surface area contributed by atoms with Crippen LogP contribution >= 0.6 is 0 Å². The molecule has 0 fully saturated rings. The number of anilines is 1. The van der Waals surface area contributed by atoms with Gasteiger partial charge in [-0.2, -0.15) is 0 Å². The van der Waals surface area contributed by atoms with Crippen LogP contribution in [-0.2, 0) is 9.53 Å². The molecule has 1 N–H and O–H groups in total. The second-order valence-electron chi connectivity index (χ2n) is 5.65. The van der Waals surface area contributed by atoms with Crippen molar-refractivity contribution in [3.8, 4) is 17.2 Å². The topological polar surface area (TPSA) is 100 Å². The van der Waals surface area contributed by atoms with E-state index >= 15 is 0 Å². The van der Waals surface area contributed by atoms with Crippen molar-refractivity contribution in [2.45, 2.75) is 13.0 Å². The van der Waals surface area contributed by atoms with Crippen LogP contribution in [0.2, 0.25) is 0 Å². The number of hydrogen-bond donors (Lipinski definition) is 1. The predicted molar refractivity (Wildman–Crippen MR) is 101 cm³/mol. The summed E-state index contributed by atoms with van der Waals surface area (Å²) in [6.45, 7) is 1.42. The van der Waals surface area contributed by atoms with E-state index in [1.54, 1.807) is 24.3 Å². The summed E-state index contributed by atoms with van der Waals surface area (Å²) >= 11 is 0. The Morgan fingerprint density at radius 1 is 0.964 bits per heavy atom. The van der Waals surface area contributed by atoms with Gasteiger partial charge in [0.05, 0.1) is 21.3 Å². The van der Waals surface area contributed by atoms with Crippen LogP contribution in [0.1, 0.15) is 27.6 Å². The fraction of sp³-hybridized carbons (Fsp3) is 0.250. The SMILES string of the molecule is COc1ccc(NC(=O)[C@H](C)OC(=O)c2c(C=O)ccc(OC)c2OC)cc1. The standard InChI is InChI=1S/C20H21NO7/c1-12(19(23)21-14-6-8-15(25-2)9-7-14)28-20(24)17-13(11-22)5-10-16(26-3)18(17)27-4/h5-12H,1-4H3,(H,21,23)/t12-/m0/s1. The van der Waals surface area contributed by atoms with Crippen molar-refractivity contribution in [1.82, 2.24) is 0 Å². The maximum absolute atomic E-state index is 12.6. The summed E-state index contributed by atoms with van der Waals surface area (Å²) in [5, 5.41) is 2.63. The fourth-order valence-electron chi connectivity index (χ4n) is 2.44. The summed E-state index contributed by atoms with van der Waals surface area (Å²) < 4.78 is 20.6. The summed E-state index contributed by atoms with van der Waals surface area (Å²) in [6.07, 6.45) is -0.620.